The molecule has 0 aliphatic rings. The van der Waals surface area contributed by atoms with Gasteiger partial charge in [-0.3, -0.25) is 9.78 Å². The fourth-order valence-electron chi connectivity index (χ4n) is 1.82. The summed E-state index contributed by atoms with van der Waals surface area (Å²) in [6.07, 6.45) is 5.24. The molecular formula is C16H17FN2O2. The number of ether oxygens (including phenoxy) is 1. The lowest BCUT2D eigenvalue weighted by atomic mass is 10.1. The van der Waals surface area contributed by atoms with E-state index in [1.54, 1.807) is 12.3 Å². The van der Waals surface area contributed by atoms with Crippen LogP contribution < -0.4 is 10.1 Å². The van der Waals surface area contributed by atoms with E-state index >= 15 is 0 Å². The SMILES string of the molecule is O=C(COc1cccc(F)c1)NCCCc1cccnc1. The van der Waals surface area contributed by atoms with E-state index in [1.165, 1.54) is 18.2 Å². The highest BCUT2D eigenvalue weighted by Gasteiger charge is 2.03. The molecule has 2 aromatic rings. The summed E-state index contributed by atoms with van der Waals surface area (Å²) >= 11 is 0. The Morgan fingerprint density at radius 2 is 2.19 bits per heavy atom. The molecule has 1 heterocycles. The number of hydrogen-bond acceptors (Lipinski definition) is 3. The van der Waals surface area contributed by atoms with Crippen molar-refractivity contribution in [2.45, 2.75) is 12.8 Å². The number of carbonyl (C=O) groups excluding carboxylic acids is 1. The first-order valence-corrected chi connectivity index (χ1v) is 6.78. The Morgan fingerprint density at radius 3 is 2.95 bits per heavy atom. The molecule has 0 bridgehead atoms. The Morgan fingerprint density at radius 1 is 1.29 bits per heavy atom. The molecule has 0 unspecified atom stereocenters. The Kier molecular flexibility index (Phi) is 5.70. The van der Waals surface area contributed by atoms with Crippen LogP contribution in [0.3, 0.4) is 0 Å². The summed E-state index contributed by atoms with van der Waals surface area (Å²) in [5.74, 6) is -0.254. The zero-order valence-electron chi connectivity index (χ0n) is 11.6. The Balaban J connectivity index is 1.62. The van der Waals surface area contributed by atoms with Crippen molar-refractivity contribution < 1.29 is 13.9 Å². The predicted octanol–water partition coefficient (Wildman–Crippen LogP) is 2.35. The van der Waals surface area contributed by atoms with Gasteiger partial charge in [-0.05, 0) is 36.6 Å². The molecule has 110 valence electrons. The van der Waals surface area contributed by atoms with Gasteiger partial charge < -0.3 is 10.1 Å². The molecular weight excluding hydrogens is 271 g/mol. The maximum Gasteiger partial charge on any atom is 0.257 e. The van der Waals surface area contributed by atoms with Gasteiger partial charge in [0.15, 0.2) is 6.61 Å². The van der Waals surface area contributed by atoms with Gasteiger partial charge in [0.05, 0.1) is 0 Å². The van der Waals surface area contributed by atoms with Gasteiger partial charge in [-0.1, -0.05) is 12.1 Å². The van der Waals surface area contributed by atoms with Crippen molar-refractivity contribution in [1.82, 2.24) is 10.3 Å². The molecule has 0 aliphatic carbocycles. The van der Waals surface area contributed by atoms with Crippen LogP contribution in [-0.4, -0.2) is 24.0 Å². The number of hydrogen-bond donors (Lipinski definition) is 1. The number of benzene rings is 1. The summed E-state index contributed by atoms with van der Waals surface area (Å²) in [6, 6.07) is 9.61. The summed E-state index contributed by atoms with van der Waals surface area (Å²) in [5.41, 5.74) is 1.14. The lowest BCUT2D eigenvalue weighted by molar-refractivity contribution is -0.123. The maximum absolute atomic E-state index is 12.9. The average Bonchev–Trinajstić information content (AvgIpc) is 2.51. The van der Waals surface area contributed by atoms with Gasteiger partial charge in [0.2, 0.25) is 0 Å². The normalized spacial score (nSPS) is 10.1. The van der Waals surface area contributed by atoms with Gasteiger partial charge in [0.1, 0.15) is 11.6 Å². The minimum absolute atomic E-state index is 0.115. The molecule has 1 N–H and O–H groups in total. The van der Waals surface area contributed by atoms with Gasteiger partial charge in [-0.15, -0.1) is 0 Å². The van der Waals surface area contributed by atoms with E-state index in [4.69, 9.17) is 4.74 Å². The Bertz CT molecular complexity index is 575. The van der Waals surface area contributed by atoms with Crippen molar-refractivity contribution in [2.75, 3.05) is 13.2 Å². The van der Waals surface area contributed by atoms with E-state index in [0.29, 0.717) is 12.3 Å². The van der Waals surface area contributed by atoms with Gasteiger partial charge in [-0.2, -0.15) is 0 Å². The fraction of sp³-hybridized carbons (Fsp3) is 0.250. The van der Waals surface area contributed by atoms with Crippen molar-refractivity contribution in [1.29, 1.82) is 0 Å². The number of carbonyl (C=O) groups is 1. The molecule has 0 atom stereocenters. The number of aromatic nitrogens is 1. The Hall–Kier alpha value is -2.43. The molecule has 21 heavy (non-hydrogen) atoms. The number of aryl methyl sites for hydroxylation is 1. The summed E-state index contributed by atoms with van der Waals surface area (Å²) in [5, 5.41) is 2.76. The quantitative estimate of drug-likeness (QED) is 0.796. The molecule has 0 saturated heterocycles. The summed E-state index contributed by atoms with van der Waals surface area (Å²) in [6.45, 7) is 0.455. The van der Waals surface area contributed by atoms with Crippen LogP contribution >= 0.6 is 0 Å². The van der Waals surface area contributed by atoms with Crippen molar-refractivity contribution in [3.8, 4) is 5.75 Å². The van der Waals surface area contributed by atoms with Crippen molar-refractivity contribution in [2.24, 2.45) is 0 Å². The molecule has 4 nitrogen and oxygen atoms in total. The topological polar surface area (TPSA) is 51.2 Å². The monoisotopic (exact) mass is 288 g/mol. The fourth-order valence-corrected chi connectivity index (χ4v) is 1.82. The second-order valence-electron chi connectivity index (χ2n) is 4.56. The van der Waals surface area contributed by atoms with Crippen LogP contribution in [-0.2, 0) is 11.2 Å². The van der Waals surface area contributed by atoms with Crippen molar-refractivity contribution >= 4 is 5.91 Å². The van der Waals surface area contributed by atoms with Gasteiger partial charge in [0, 0.05) is 25.0 Å². The highest BCUT2D eigenvalue weighted by molar-refractivity contribution is 5.77. The molecule has 0 aliphatic heterocycles. The maximum atomic E-state index is 12.9. The van der Waals surface area contributed by atoms with Crippen LogP contribution in [0.2, 0.25) is 0 Å². The third-order valence-electron chi connectivity index (χ3n) is 2.85. The van der Waals surface area contributed by atoms with E-state index < -0.39 is 0 Å². The smallest absolute Gasteiger partial charge is 0.257 e. The summed E-state index contributed by atoms with van der Waals surface area (Å²) in [7, 11) is 0. The van der Waals surface area contributed by atoms with Crippen LogP contribution in [0, 0.1) is 5.82 Å². The van der Waals surface area contributed by atoms with E-state index in [-0.39, 0.29) is 18.3 Å². The lowest BCUT2D eigenvalue weighted by Gasteiger charge is -2.07. The van der Waals surface area contributed by atoms with Gasteiger partial charge >= 0.3 is 0 Å². The number of nitrogens with zero attached hydrogens (tertiary/aromatic N) is 1. The van der Waals surface area contributed by atoms with Crippen LogP contribution in [0.15, 0.2) is 48.8 Å². The minimum Gasteiger partial charge on any atom is -0.484 e. The lowest BCUT2D eigenvalue weighted by Crippen LogP contribution is -2.29. The van der Waals surface area contributed by atoms with Crippen LogP contribution in [0.4, 0.5) is 4.39 Å². The van der Waals surface area contributed by atoms with Crippen LogP contribution in [0.5, 0.6) is 5.75 Å². The summed E-state index contributed by atoms with van der Waals surface area (Å²) in [4.78, 5) is 15.6. The van der Waals surface area contributed by atoms with E-state index in [0.717, 1.165) is 18.4 Å². The van der Waals surface area contributed by atoms with E-state index in [9.17, 15) is 9.18 Å². The van der Waals surface area contributed by atoms with Crippen molar-refractivity contribution in [3.63, 3.8) is 0 Å². The first-order chi connectivity index (χ1) is 10.2. The second kappa shape index (κ2) is 7.99. The predicted molar refractivity (Wildman–Crippen MR) is 77.5 cm³/mol. The first-order valence-electron chi connectivity index (χ1n) is 6.78. The molecule has 5 heteroatoms. The molecule has 0 radical (unpaired) electrons. The highest BCUT2D eigenvalue weighted by Crippen LogP contribution is 2.11. The third kappa shape index (κ3) is 5.60. The average molecular weight is 288 g/mol. The number of pyridine rings is 1. The highest BCUT2D eigenvalue weighted by atomic mass is 19.1. The second-order valence-corrected chi connectivity index (χ2v) is 4.56. The molecule has 0 spiro atoms. The number of nitrogens with one attached hydrogen (secondary N) is 1. The Labute approximate surface area is 123 Å². The molecule has 0 saturated carbocycles. The van der Waals surface area contributed by atoms with Gasteiger partial charge in [-0.25, -0.2) is 4.39 Å². The molecule has 1 amide bonds. The van der Waals surface area contributed by atoms with E-state index in [1.807, 2.05) is 18.3 Å². The van der Waals surface area contributed by atoms with Crippen LogP contribution in [0.25, 0.3) is 0 Å². The number of rotatable bonds is 7. The zero-order chi connectivity index (χ0) is 14.9. The molecule has 2 rings (SSSR count). The van der Waals surface area contributed by atoms with Gasteiger partial charge in [0.25, 0.3) is 5.91 Å². The molecule has 1 aromatic heterocycles. The van der Waals surface area contributed by atoms with Crippen molar-refractivity contribution in [3.05, 3.63) is 60.2 Å². The minimum atomic E-state index is -0.385. The first kappa shape index (κ1) is 15.0. The summed E-state index contributed by atoms with van der Waals surface area (Å²) < 4.78 is 18.1. The molecule has 0 fully saturated rings. The largest absolute Gasteiger partial charge is 0.484 e. The van der Waals surface area contributed by atoms with Crippen LogP contribution in [0.1, 0.15) is 12.0 Å². The number of amides is 1. The van der Waals surface area contributed by atoms with E-state index in [2.05, 4.69) is 10.3 Å². The number of halogens is 1. The molecule has 1 aromatic carbocycles. The standard InChI is InChI=1S/C16H17FN2O2/c17-14-6-1-7-15(10-14)21-12-16(20)19-9-3-5-13-4-2-8-18-11-13/h1-2,4,6-8,10-11H,3,5,9,12H2,(H,19,20). The zero-order valence-corrected chi connectivity index (χ0v) is 11.6. The third-order valence-corrected chi connectivity index (χ3v) is 2.85.